The molecule has 0 fully saturated rings. The zero-order valence-electron chi connectivity index (χ0n) is 14.2. The molecule has 0 aliphatic heterocycles. The second-order valence-corrected chi connectivity index (χ2v) is 8.03. The van der Waals surface area contributed by atoms with Gasteiger partial charge in [-0.2, -0.15) is 16.8 Å². The summed E-state index contributed by atoms with van der Waals surface area (Å²) < 4.78 is 62.4. The van der Waals surface area contributed by atoms with E-state index in [1.165, 1.54) is 0 Å². The largest absolute Gasteiger partial charge is 0.379 e. The van der Waals surface area contributed by atoms with Crippen LogP contribution in [0.2, 0.25) is 0 Å². The van der Waals surface area contributed by atoms with Crippen LogP contribution in [-0.4, -0.2) is 81.1 Å². The third kappa shape index (κ3) is 14.7. The Balaban J connectivity index is 4.46. The maximum atomic E-state index is 10.8. The zero-order valence-corrected chi connectivity index (χ0v) is 15.8. The van der Waals surface area contributed by atoms with Gasteiger partial charge in [-0.05, 0) is 11.1 Å². The number of rotatable bonds is 15. The normalized spacial score (nSPS) is 14.1. The summed E-state index contributed by atoms with van der Waals surface area (Å²) in [5.41, 5.74) is 17.2. The van der Waals surface area contributed by atoms with E-state index in [-0.39, 0.29) is 39.6 Å². The van der Waals surface area contributed by atoms with Crippen LogP contribution in [0.3, 0.4) is 0 Å². The molecule has 0 aromatic heterocycles. The summed E-state index contributed by atoms with van der Waals surface area (Å²) in [6, 6.07) is -1.85. The van der Waals surface area contributed by atoms with Gasteiger partial charge in [0.1, 0.15) is 0 Å². The first-order valence-corrected chi connectivity index (χ1v) is 10.6. The summed E-state index contributed by atoms with van der Waals surface area (Å²) in [6.07, 6.45) is 1.77. The van der Waals surface area contributed by atoms with Gasteiger partial charge in [0.15, 0.2) is 0 Å². The van der Waals surface area contributed by atoms with Crippen molar-refractivity contribution in [3.05, 3.63) is 20.9 Å². The third-order valence-corrected chi connectivity index (χ3v) is 3.66. The molecule has 14 nitrogen and oxygen atoms in total. The van der Waals surface area contributed by atoms with E-state index in [4.69, 9.17) is 20.5 Å². The van der Waals surface area contributed by atoms with Crippen molar-refractivity contribution in [1.29, 1.82) is 0 Å². The Morgan fingerprint density at radius 3 is 1.38 bits per heavy atom. The molecule has 0 bridgehead atoms. The van der Waals surface area contributed by atoms with Gasteiger partial charge >= 0.3 is 0 Å². The third-order valence-electron chi connectivity index (χ3n) is 2.47. The molecule has 2 atom stereocenters. The van der Waals surface area contributed by atoms with E-state index in [1.807, 2.05) is 0 Å². The number of hydrogen-bond donors (Lipinski definition) is 0. The van der Waals surface area contributed by atoms with Crippen molar-refractivity contribution >= 4 is 20.2 Å². The lowest BCUT2D eigenvalue weighted by Gasteiger charge is -2.19. The van der Waals surface area contributed by atoms with Gasteiger partial charge in [0, 0.05) is 9.82 Å². The van der Waals surface area contributed by atoms with E-state index >= 15 is 0 Å². The Morgan fingerprint density at radius 2 is 1.12 bits per heavy atom. The Bertz CT molecular complexity index is 652. The molecule has 0 aromatic rings. The van der Waals surface area contributed by atoms with Gasteiger partial charge in [-0.15, -0.1) is 0 Å². The van der Waals surface area contributed by atoms with Crippen LogP contribution >= 0.6 is 0 Å². The van der Waals surface area contributed by atoms with E-state index in [0.717, 1.165) is 12.5 Å². The highest BCUT2D eigenvalue weighted by Gasteiger charge is 2.20. The topological polar surface area (TPSA) is 203 Å². The van der Waals surface area contributed by atoms with E-state index in [1.54, 1.807) is 0 Å². The second kappa shape index (κ2) is 12.7. The molecule has 0 aliphatic rings. The van der Waals surface area contributed by atoms with E-state index in [2.05, 4.69) is 28.4 Å². The molecule has 0 amide bonds. The fourth-order valence-electron chi connectivity index (χ4n) is 1.47. The zero-order chi connectivity index (χ0) is 20.1. The summed E-state index contributed by atoms with van der Waals surface area (Å²) in [5, 5.41) is 6.90. The standard InChI is InChI=1S/C10H20N6O8S2/c1-25(17,18)23-5-3-21-7-9(13-15-11)10(14-16-12)8-22-4-6-24-26(2,19)20/h9-10H,3-8H2,1-2H3/t9-,10-/m1/s1. The number of ether oxygens (including phenoxy) is 2. The lowest BCUT2D eigenvalue weighted by Crippen LogP contribution is -2.32. The maximum Gasteiger partial charge on any atom is 0.264 e. The van der Waals surface area contributed by atoms with E-state index < -0.39 is 32.3 Å². The predicted molar refractivity (Wildman–Crippen MR) is 89.1 cm³/mol. The molecule has 0 aliphatic carbocycles. The SMILES string of the molecule is CS(=O)(=O)OCCOC[C@@H](N=[N+]=[N-])[C@@H](COCCOS(C)(=O)=O)N=[N+]=[N-]. The van der Waals surface area contributed by atoms with E-state index in [0.29, 0.717) is 0 Å². The quantitative estimate of drug-likeness (QED) is 0.119. The molecule has 0 spiro atoms. The first kappa shape index (κ1) is 24.4. The molecule has 16 heteroatoms. The van der Waals surface area contributed by atoms with Gasteiger partial charge in [0.25, 0.3) is 20.2 Å². The predicted octanol–water partition coefficient (Wildman–Crippen LogP) is 0.330. The number of nitrogens with zero attached hydrogens (tertiary/aromatic N) is 6. The van der Waals surface area contributed by atoms with Crippen LogP contribution in [0, 0.1) is 0 Å². The van der Waals surface area contributed by atoms with Crippen LogP contribution in [0.4, 0.5) is 0 Å². The fraction of sp³-hybridized carbons (Fsp3) is 1.00. The molecule has 0 N–H and O–H groups in total. The summed E-state index contributed by atoms with van der Waals surface area (Å²) >= 11 is 0. The minimum absolute atomic E-state index is 0.101. The molecular weight excluding hydrogens is 396 g/mol. The maximum absolute atomic E-state index is 10.8. The molecule has 26 heavy (non-hydrogen) atoms. The van der Waals surface area contributed by atoms with Gasteiger partial charge in [0.05, 0.1) is 64.2 Å². The van der Waals surface area contributed by atoms with Gasteiger partial charge in [-0.25, -0.2) is 0 Å². The van der Waals surface area contributed by atoms with Crippen molar-refractivity contribution < 1.29 is 34.7 Å². The molecule has 0 rings (SSSR count). The van der Waals surface area contributed by atoms with Crippen molar-refractivity contribution in [1.82, 2.24) is 0 Å². The minimum Gasteiger partial charge on any atom is -0.379 e. The smallest absolute Gasteiger partial charge is 0.264 e. The summed E-state index contributed by atoms with van der Waals surface area (Å²) in [7, 11) is -7.18. The van der Waals surface area contributed by atoms with Crippen molar-refractivity contribution in [2.75, 3.05) is 52.2 Å². The second-order valence-electron chi connectivity index (χ2n) is 4.75. The highest BCUT2D eigenvalue weighted by atomic mass is 32.2. The van der Waals surface area contributed by atoms with Crippen molar-refractivity contribution in [2.45, 2.75) is 12.1 Å². The summed E-state index contributed by atoms with van der Waals surface area (Å²) in [6.45, 7) is -1.01. The molecule has 0 unspecified atom stereocenters. The Hall–Kier alpha value is -1.64. The molecule has 0 heterocycles. The van der Waals surface area contributed by atoms with Crippen LogP contribution in [0.15, 0.2) is 10.2 Å². The Labute approximate surface area is 150 Å². The van der Waals surface area contributed by atoms with Crippen molar-refractivity contribution in [3.63, 3.8) is 0 Å². The molecule has 150 valence electrons. The lowest BCUT2D eigenvalue weighted by molar-refractivity contribution is 0.0599. The average Bonchev–Trinajstić information content (AvgIpc) is 2.50. The van der Waals surface area contributed by atoms with Crippen LogP contribution < -0.4 is 0 Å². The first-order chi connectivity index (χ1) is 12.1. The average molecular weight is 416 g/mol. The summed E-state index contributed by atoms with van der Waals surface area (Å²) in [5.74, 6) is 0. The van der Waals surface area contributed by atoms with Gasteiger partial charge < -0.3 is 9.47 Å². The lowest BCUT2D eigenvalue weighted by atomic mass is 10.1. The highest BCUT2D eigenvalue weighted by molar-refractivity contribution is 7.86. The van der Waals surface area contributed by atoms with Crippen LogP contribution in [-0.2, 0) is 38.1 Å². The summed E-state index contributed by atoms with van der Waals surface area (Å²) in [4.78, 5) is 5.26. The van der Waals surface area contributed by atoms with Gasteiger partial charge in [-0.1, -0.05) is 10.2 Å². The molecule has 0 aromatic carbocycles. The van der Waals surface area contributed by atoms with E-state index in [9.17, 15) is 16.8 Å². The molecule has 0 saturated carbocycles. The highest BCUT2D eigenvalue weighted by Crippen LogP contribution is 2.08. The van der Waals surface area contributed by atoms with Crippen LogP contribution in [0.1, 0.15) is 0 Å². The Kier molecular flexibility index (Phi) is 11.9. The van der Waals surface area contributed by atoms with Crippen molar-refractivity contribution in [2.24, 2.45) is 10.2 Å². The van der Waals surface area contributed by atoms with Crippen molar-refractivity contribution in [3.8, 4) is 0 Å². The van der Waals surface area contributed by atoms with Crippen LogP contribution in [0.5, 0.6) is 0 Å². The fourth-order valence-corrected chi connectivity index (χ4v) is 2.21. The van der Waals surface area contributed by atoms with Gasteiger partial charge in [0.2, 0.25) is 0 Å². The molecule has 0 saturated heterocycles. The van der Waals surface area contributed by atoms with Crippen LogP contribution in [0.25, 0.3) is 20.9 Å². The number of azide groups is 2. The monoisotopic (exact) mass is 416 g/mol. The Morgan fingerprint density at radius 1 is 0.769 bits per heavy atom. The van der Waals surface area contributed by atoms with Gasteiger partial charge in [-0.3, -0.25) is 8.37 Å². The molecular formula is C10H20N6O8S2. The minimum atomic E-state index is -3.59. The molecule has 0 radical (unpaired) electrons. The first-order valence-electron chi connectivity index (χ1n) is 7.01. The number of hydrogen-bond acceptors (Lipinski definition) is 10.